The van der Waals surface area contributed by atoms with Crippen LogP contribution in [0.3, 0.4) is 0 Å². The monoisotopic (exact) mass is 397 g/mol. The van der Waals surface area contributed by atoms with Crippen LogP contribution in [0.4, 0.5) is 0 Å². The van der Waals surface area contributed by atoms with E-state index in [1.54, 1.807) is 21.3 Å². The molecule has 6 heteroatoms. The molecule has 3 rings (SSSR count). The number of rotatable bonds is 8. The lowest BCUT2D eigenvalue weighted by Crippen LogP contribution is -2.36. The van der Waals surface area contributed by atoms with Gasteiger partial charge in [0.1, 0.15) is 5.75 Å². The first-order valence-electron chi connectivity index (χ1n) is 10.1. The molecule has 2 aromatic rings. The zero-order valence-electron chi connectivity index (χ0n) is 17.5. The zero-order chi connectivity index (χ0) is 20.5. The highest BCUT2D eigenvalue weighted by Gasteiger charge is 2.18. The maximum Gasteiger partial charge on any atom is 0.191 e. The van der Waals surface area contributed by atoms with Crippen molar-refractivity contribution in [3.8, 4) is 17.2 Å². The molecule has 1 saturated carbocycles. The van der Waals surface area contributed by atoms with Crippen molar-refractivity contribution in [2.75, 3.05) is 21.3 Å². The summed E-state index contributed by atoms with van der Waals surface area (Å²) in [6.45, 7) is 1.33. The standard InChI is InChI=1S/C23H31N3O3/c1-24-23(25-15-17-8-11-19(27-2)12-9-17)26-16-18-10-13-21(28-3)22(14-18)29-20-6-4-5-7-20/h8-14,20H,4-7,15-16H2,1-3H3,(H2,24,25,26). The van der Waals surface area contributed by atoms with Gasteiger partial charge in [-0.15, -0.1) is 0 Å². The Labute approximate surface area is 173 Å². The molecular formula is C23H31N3O3. The first kappa shape index (κ1) is 20.8. The highest BCUT2D eigenvalue weighted by atomic mass is 16.5. The van der Waals surface area contributed by atoms with Gasteiger partial charge in [0, 0.05) is 20.1 Å². The number of nitrogens with one attached hydrogen (secondary N) is 2. The third kappa shape index (κ3) is 6.04. The van der Waals surface area contributed by atoms with Crippen LogP contribution in [0.2, 0.25) is 0 Å². The van der Waals surface area contributed by atoms with Gasteiger partial charge in [-0.25, -0.2) is 0 Å². The van der Waals surface area contributed by atoms with Gasteiger partial charge in [-0.3, -0.25) is 4.99 Å². The predicted molar refractivity (Wildman–Crippen MR) is 116 cm³/mol. The SMILES string of the molecule is CN=C(NCc1ccc(OC)cc1)NCc1ccc(OC)c(OC2CCCC2)c1. The quantitative estimate of drug-likeness (QED) is 0.523. The highest BCUT2D eigenvalue weighted by molar-refractivity contribution is 5.79. The largest absolute Gasteiger partial charge is 0.497 e. The van der Waals surface area contributed by atoms with Crippen molar-refractivity contribution >= 4 is 5.96 Å². The van der Waals surface area contributed by atoms with E-state index < -0.39 is 0 Å². The summed E-state index contributed by atoms with van der Waals surface area (Å²) in [5.41, 5.74) is 2.27. The number of guanidine groups is 1. The van der Waals surface area contributed by atoms with Gasteiger partial charge in [-0.2, -0.15) is 0 Å². The number of nitrogens with zero attached hydrogens (tertiary/aromatic N) is 1. The Morgan fingerprint density at radius 1 is 0.897 bits per heavy atom. The van der Waals surface area contributed by atoms with Gasteiger partial charge in [0.15, 0.2) is 17.5 Å². The van der Waals surface area contributed by atoms with E-state index in [0.29, 0.717) is 19.2 Å². The molecule has 0 unspecified atom stereocenters. The minimum atomic E-state index is 0.297. The molecule has 1 aliphatic rings. The van der Waals surface area contributed by atoms with E-state index in [-0.39, 0.29) is 0 Å². The van der Waals surface area contributed by atoms with Crippen LogP contribution in [0, 0.1) is 0 Å². The summed E-state index contributed by atoms with van der Waals surface area (Å²) in [4.78, 5) is 4.31. The molecule has 0 bridgehead atoms. The Bertz CT molecular complexity index is 800. The van der Waals surface area contributed by atoms with Crippen LogP contribution in [-0.2, 0) is 13.1 Å². The molecule has 0 radical (unpaired) electrons. The maximum atomic E-state index is 6.19. The van der Waals surface area contributed by atoms with Crippen molar-refractivity contribution in [2.45, 2.75) is 44.9 Å². The lowest BCUT2D eigenvalue weighted by molar-refractivity contribution is 0.200. The second-order valence-electron chi connectivity index (χ2n) is 7.14. The predicted octanol–water partition coefficient (Wildman–Crippen LogP) is 3.89. The number of ether oxygens (including phenoxy) is 3. The summed E-state index contributed by atoms with van der Waals surface area (Å²) in [5, 5.41) is 6.69. The van der Waals surface area contributed by atoms with Crippen molar-refractivity contribution in [2.24, 2.45) is 4.99 Å². The molecule has 6 nitrogen and oxygen atoms in total. The lowest BCUT2D eigenvalue weighted by atomic mass is 10.2. The molecule has 0 heterocycles. The summed E-state index contributed by atoms with van der Waals surface area (Å²) >= 11 is 0. The molecule has 1 fully saturated rings. The molecule has 0 atom stereocenters. The summed E-state index contributed by atoms with van der Waals surface area (Å²) in [6, 6.07) is 14.1. The fourth-order valence-corrected chi connectivity index (χ4v) is 3.44. The second kappa shape index (κ2) is 10.6. The molecule has 1 aliphatic carbocycles. The van der Waals surface area contributed by atoms with Crippen LogP contribution in [0.25, 0.3) is 0 Å². The van der Waals surface area contributed by atoms with Crippen LogP contribution >= 0.6 is 0 Å². The number of hydrogen-bond acceptors (Lipinski definition) is 4. The summed E-state index contributed by atoms with van der Waals surface area (Å²) in [7, 11) is 5.12. The topological polar surface area (TPSA) is 64.1 Å². The fraction of sp³-hybridized carbons (Fsp3) is 0.435. The van der Waals surface area contributed by atoms with Gasteiger partial charge in [-0.1, -0.05) is 18.2 Å². The smallest absolute Gasteiger partial charge is 0.191 e. The summed E-state index contributed by atoms with van der Waals surface area (Å²) in [5.74, 6) is 3.20. The van der Waals surface area contributed by atoms with Gasteiger partial charge in [0.05, 0.1) is 20.3 Å². The minimum absolute atomic E-state index is 0.297. The molecule has 0 aromatic heterocycles. The molecule has 2 N–H and O–H groups in total. The molecule has 0 aliphatic heterocycles. The van der Waals surface area contributed by atoms with Crippen molar-refractivity contribution in [3.63, 3.8) is 0 Å². The van der Waals surface area contributed by atoms with Crippen molar-refractivity contribution in [1.29, 1.82) is 0 Å². The Kier molecular flexibility index (Phi) is 7.61. The van der Waals surface area contributed by atoms with Crippen molar-refractivity contribution in [3.05, 3.63) is 53.6 Å². The van der Waals surface area contributed by atoms with E-state index in [1.165, 1.54) is 12.8 Å². The Balaban J connectivity index is 1.55. The number of hydrogen-bond donors (Lipinski definition) is 2. The zero-order valence-corrected chi connectivity index (χ0v) is 17.5. The van der Waals surface area contributed by atoms with Crippen LogP contribution in [-0.4, -0.2) is 33.3 Å². The van der Waals surface area contributed by atoms with Gasteiger partial charge in [0.25, 0.3) is 0 Å². The molecular weight excluding hydrogens is 366 g/mol. The number of benzene rings is 2. The van der Waals surface area contributed by atoms with Crippen molar-refractivity contribution in [1.82, 2.24) is 10.6 Å². The van der Waals surface area contributed by atoms with Gasteiger partial charge in [0.2, 0.25) is 0 Å². The summed E-state index contributed by atoms with van der Waals surface area (Å²) in [6.07, 6.45) is 5.02. The maximum absolute atomic E-state index is 6.19. The van der Waals surface area contributed by atoms with Crippen LogP contribution in [0.15, 0.2) is 47.5 Å². The Hall–Kier alpha value is -2.89. The first-order chi connectivity index (χ1) is 14.2. The van der Waals surface area contributed by atoms with Gasteiger partial charge >= 0.3 is 0 Å². The van der Waals surface area contributed by atoms with Crippen LogP contribution in [0.5, 0.6) is 17.2 Å². The van der Waals surface area contributed by atoms with E-state index in [4.69, 9.17) is 14.2 Å². The lowest BCUT2D eigenvalue weighted by Gasteiger charge is -2.17. The van der Waals surface area contributed by atoms with E-state index in [0.717, 1.165) is 47.2 Å². The average Bonchev–Trinajstić information content (AvgIpc) is 3.27. The number of aliphatic imine (C=N–C) groups is 1. The number of methoxy groups -OCH3 is 2. The molecule has 2 aromatic carbocycles. The van der Waals surface area contributed by atoms with E-state index in [9.17, 15) is 0 Å². The Morgan fingerprint density at radius 3 is 2.17 bits per heavy atom. The van der Waals surface area contributed by atoms with Crippen molar-refractivity contribution < 1.29 is 14.2 Å². The first-order valence-corrected chi connectivity index (χ1v) is 10.1. The molecule has 156 valence electrons. The Morgan fingerprint density at radius 2 is 1.55 bits per heavy atom. The van der Waals surface area contributed by atoms with Gasteiger partial charge in [-0.05, 0) is 61.1 Å². The molecule has 0 amide bonds. The normalized spacial score (nSPS) is 14.5. The van der Waals surface area contributed by atoms with E-state index in [2.05, 4.69) is 21.7 Å². The van der Waals surface area contributed by atoms with Crippen LogP contribution < -0.4 is 24.8 Å². The van der Waals surface area contributed by atoms with Crippen LogP contribution in [0.1, 0.15) is 36.8 Å². The average molecular weight is 398 g/mol. The third-order valence-electron chi connectivity index (χ3n) is 5.13. The molecule has 0 spiro atoms. The van der Waals surface area contributed by atoms with Gasteiger partial charge < -0.3 is 24.8 Å². The van der Waals surface area contributed by atoms with E-state index >= 15 is 0 Å². The molecule has 0 saturated heterocycles. The fourth-order valence-electron chi connectivity index (χ4n) is 3.44. The highest BCUT2D eigenvalue weighted by Crippen LogP contribution is 2.32. The third-order valence-corrected chi connectivity index (χ3v) is 5.13. The molecule has 29 heavy (non-hydrogen) atoms. The second-order valence-corrected chi connectivity index (χ2v) is 7.14. The summed E-state index contributed by atoms with van der Waals surface area (Å²) < 4.78 is 16.9. The van der Waals surface area contributed by atoms with E-state index in [1.807, 2.05) is 36.4 Å². The minimum Gasteiger partial charge on any atom is -0.497 e.